The fraction of sp³-hybridized carbons (Fsp3) is 0.529. The second kappa shape index (κ2) is 7.61. The van der Waals surface area contributed by atoms with Gasteiger partial charge in [-0.3, -0.25) is 4.79 Å². The first-order valence-corrected chi connectivity index (χ1v) is 10.2. The molecule has 1 atom stereocenters. The number of para-hydroxylation sites is 1. The zero-order chi connectivity index (χ0) is 18.7. The largest absolute Gasteiger partial charge is 0.479 e. The molecule has 3 rings (SSSR count). The molecule has 0 spiro atoms. The number of amides is 1. The standard InChI is InChI=1S/C17H20FNO6S/c18-14-3-1-2-4-15(14)24-10-17(21)25-9-16(20)19(12-5-6-12)13-7-8-26(22,23)11-13/h1-4,12-13H,5-11H2/t13-/m1/s1. The molecule has 0 aromatic heterocycles. The minimum Gasteiger partial charge on any atom is -0.479 e. The van der Waals surface area contributed by atoms with Crippen molar-refractivity contribution in [1.82, 2.24) is 4.90 Å². The molecule has 2 aliphatic rings. The van der Waals surface area contributed by atoms with Crippen LogP contribution in [0.3, 0.4) is 0 Å². The van der Waals surface area contributed by atoms with E-state index in [2.05, 4.69) is 0 Å². The minimum atomic E-state index is -3.11. The van der Waals surface area contributed by atoms with Gasteiger partial charge in [0.2, 0.25) is 0 Å². The summed E-state index contributed by atoms with van der Waals surface area (Å²) in [5, 5.41) is 0. The van der Waals surface area contributed by atoms with Crippen molar-refractivity contribution in [3.63, 3.8) is 0 Å². The van der Waals surface area contributed by atoms with E-state index >= 15 is 0 Å². The molecule has 1 heterocycles. The van der Waals surface area contributed by atoms with Crippen molar-refractivity contribution in [2.24, 2.45) is 0 Å². The summed E-state index contributed by atoms with van der Waals surface area (Å²) in [5.74, 6) is -1.85. The van der Waals surface area contributed by atoms with Crippen LogP contribution in [0.1, 0.15) is 19.3 Å². The van der Waals surface area contributed by atoms with Crippen molar-refractivity contribution in [1.29, 1.82) is 0 Å². The van der Waals surface area contributed by atoms with E-state index in [-0.39, 0.29) is 29.3 Å². The van der Waals surface area contributed by atoms with Crippen LogP contribution in [0.5, 0.6) is 5.75 Å². The first kappa shape index (κ1) is 18.6. The second-order valence-electron chi connectivity index (χ2n) is 6.47. The number of ether oxygens (including phenoxy) is 2. The molecule has 1 amide bonds. The third kappa shape index (κ3) is 4.72. The Labute approximate surface area is 151 Å². The fourth-order valence-electron chi connectivity index (χ4n) is 3.01. The molecule has 0 unspecified atom stereocenters. The maximum absolute atomic E-state index is 13.4. The lowest BCUT2D eigenvalue weighted by atomic mass is 10.2. The van der Waals surface area contributed by atoms with Gasteiger partial charge in [-0.15, -0.1) is 0 Å². The average Bonchev–Trinajstić information content (AvgIpc) is 3.35. The topological polar surface area (TPSA) is 90.0 Å². The SMILES string of the molecule is O=C(COc1ccccc1F)OCC(=O)N(C1CC1)[C@@H]1CCS(=O)(=O)C1. The van der Waals surface area contributed by atoms with E-state index in [1.54, 1.807) is 11.0 Å². The molecule has 0 bridgehead atoms. The Morgan fingerprint density at radius 1 is 1.12 bits per heavy atom. The molecular weight excluding hydrogens is 365 g/mol. The lowest BCUT2D eigenvalue weighted by Gasteiger charge is -2.28. The first-order chi connectivity index (χ1) is 12.4. The minimum absolute atomic E-state index is 0.0224. The highest BCUT2D eigenvalue weighted by Crippen LogP contribution is 2.32. The van der Waals surface area contributed by atoms with Crippen LogP contribution in [-0.4, -0.2) is 62.0 Å². The van der Waals surface area contributed by atoms with Crippen molar-refractivity contribution in [2.75, 3.05) is 24.7 Å². The number of carbonyl (C=O) groups is 2. The van der Waals surface area contributed by atoms with Gasteiger partial charge in [-0.05, 0) is 31.4 Å². The molecule has 142 valence electrons. The Kier molecular flexibility index (Phi) is 5.45. The molecule has 26 heavy (non-hydrogen) atoms. The molecule has 1 aromatic carbocycles. The lowest BCUT2D eigenvalue weighted by molar-refractivity contribution is -0.154. The van der Waals surface area contributed by atoms with E-state index in [1.807, 2.05) is 0 Å². The molecule has 7 nitrogen and oxygen atoms in total. The highest BCUT2D eigenvalue weighted by molar-refractivity contribution is 7.91. The predicted octanol–water partition coefficient (Wildman–Crippen LogP) is 0.926. The molecule has 1 aliphatic heterocycles. The Balaban J connectivity index is 1.49. The van der Waals surface area contributed by atoms with Crippen LogP contribution in [0.4, 0.5) is 4.39 Å². The van der Waals surface area contributed by atoms with Gasteiger partial charge in [-0.2, -0.15) is 0 Å². The van der Waals surface area contributed by atoms with Gasteiger partial charge in [-0.1, -0.05) is 12.1 Å². The molecule has 9 heteroatoms. The van der Waals surface area contributed by atoms with Gasteiger partial charge < -0.3 is 14.4 Å². The quantitative estimate of drug-likeness (QED) is 0.649. The normalized spacial score (nSPS) is 21.2. The highest BCUT2D eigenvalue weighted by atomic mass is 32.2. The van der Waals surface area contributed by atoms with Crippen molar-refractivity contribution in [3.05, 3.63) is 30.1 Å². The third-order valence-corrected chi connectivity index (χ3v) is 6.12. The number of esters is 1. The molecule has 1 aliphatic carbocycles. The Bertz CT molecular complexity index is 792. The maximum atomic E-state index is 13.4. The van der Waals surface area contributed by atoms with E-state index in [0.717, 1.165) is 12.8 Å². The number of sulfone groups is 1. The second-order valence-corrected chi connectivity index (χ2v) is 8.70. The molecule has 1 aromatic rings. The van der Waals surface area contributed by atoms with Crippen LogP contribution < -0.4 is 4.74 Å². The number of carbonyl (C=O) groups excluding carboxylic acids is 2. The average molecular weight is 385 g/mol. The van der Waals surface area contributed by atoms with Crippen molar-refractivity contribution < 1.29 is 31.9 Å². The first-order valence-electron chi connectivity index (χ1n) is 8.40. The van der Waals surface area contributed by atoms with Gasteiger partial charge >= 0.3 is 5.97 Å². The van der Waals surface area contributed by atoms with E-state index in [9.17, 15) is 22.4 Å². The summed E-state index contributed by atoms with van der Waals surface area (Å²) in [7, 11) is -3.11. The van der Waals surface area contributed by atoms with Crippen LogP contribution in [0.15, 0.2) is 24.3 Å². The van der Waals surface area contributed by atoms with Crippen LogP contribution in [0.2, 0.25) is 0 Å². The summed E-state index contributed by atoms with van der Waals surface area (Å²) in [6, 6.07) is 5.31. The summed E-state index contributed by atoms with van der Waals surface area (Å²) < 4.78 is 46.6. The van der Waals surface area contributed by atoms with Crippen molar-refractivity contribution >= 4 is 21.7 Å². The van der Waals surface area contributed by atoms with Gasteiger partial charge in [0.15, 0.2) is 34.6 Å². The number of hydrogen-bond acceptors (Lipinski definition) is 6. The van der Waals surface area contributed by atoms with Crippen molar-refractivity contribution in [2.45, 2.75) is 31.3 Å². The number of benzene rings is 1. The van der Waals surface area contributed by atoms with Gasteiger partial charge in [0.25, 0.3) is 5.91 Å². The lowest BCUT2D eigenvalue weighted by Crippen LogP contribution is -2.45. The van der Waals surface area contributed by atoms with Gasteiger partial charge in [0, 0.05) is 12.1 Å². The number of nitrogens with zero attached hydrogens (tertiary/aromatic N) is 1. The van der Waals surface area contributed by atoms with Gasteiger partial charge in [0.05, 0.1) is 11.5 Å². The molecular formula is C17H20FNO6S. The molecule has 0 radical (unpaired) electrons. The van der Waals surface area contributed by atoms with Gasteiger partial charge in [0.1, 0.15) is 0 Å². The van der Waals surface area contributed by atoms with E-state index in [4.69, 9.17) is 9.47 Å². The monoisotopic (exact) mass is 385 g/mol. The van der Waals surface area contributed by atoms with Gasteiger partial charge in [-0.25, -0.2) is 17.6 Å². The fourth-order valence-corrected chi connectivity index (χ4v) is 4.72. The Morgan fingerprint density at radius 3 is 2.46 bits per heavy atom. The Hall–Kier alpha value is -2.16. The number of hydrogen-bond donors (Lipinski definition) is 0. The van der Waals surface area contributed by atoms with Crippen molar-refractivity contribution in [3.8, 4) is 5.75 Å². The smallest absolute Gasteiger partial charge is 0.344 e. The van der Waals surface area contributed by atoms with E-state index in [0.29, 0.717) is 6.42 Å². The van der Waals surface area contributed by atoms with Crippen LogP contribution >= 0.6 is 0 Å². The predicted molar refractivity (Wildman–Crippen MR) is 89.8 cm³/mol. The zero-order valence-electron chi connectivity index (χ0n) is 14.1. The zero-order valence-corrected chi connectivity index (χ0v) is 14.9. The number of rotatable bonds is 7. The summed E-state index contributed by atoms with van der Waals surface area (Å²) in [6.07, 6.45) is 2.06. The summed E-state index contributed by atoms with van der Waals surface area (Å²) in [6.45, 7) is -0.998. The molecule has 2 fully saturated rings. The molecule has 0 N–H and O–H groups in total. The molecule has 1 saturated heterocycles. The van der Waals surface area contributed by atoms with Crippen LogP contribution in [-0.2, 0) is 24.2 Å². The number of halogens is 1. The van der Waals surface area contributed by atoms with Crippen LogP contribution in [0.25, 0.3) is 0 Å². The summed E-state index contributed by atoms with van der Waals surface area (Å²) >= 11 is 0. The Morgan fingerprint density at radius 2 is 1.85 bits per heavy atom. The third-order valence-electron chi connectivity index (χ3n) is 4.37. The van der Waals surface area contributed by atoms with E-state index in [1.165, 1.54) is 18.2 Å². The van der Waals surface area contributed by atoms with Crippen LogP contribution in [0, 0.1) is 5.82 Å². The summed E-state index contributed by atoms with van der Waals surface area (Å²) in [4.78, 5) is 25.7. The van der Waals surface area contributed by atoms with E-state index < -0.39 is 40.7 Å². The summed E-state index contributed by atoms with van der Waals surface area (Å²) in [5.41, 5.74) is 0. The highest BCUT2D eigenvalue weighted by Gasteiger charge is 2.42. The maximum Gasteiger partial charge on any atom is 0.344 e. The molecule has 1 saturated carbocycles.